The van der Waals surface area contributed by atoms with E-state index in [1.54, 1.807) is 19.1 Å². The third kappa shape index (κ3) is 4.44. The Bertz CT molecular complexity index is 348. The second kappa shape index (κ2) is 6.91. The van der Waals surface area contributed by atoms with Crippen LogP contribution in [0.15, 0.2) is 24.3 Å². The van der Waals surface area contributed by atoms with Crippen molar-refractivity contribution in [2.24, 2.45) is 0 Å². The lowest BCUT2D eigenvalue weighted by Gasteiger charge is -2.15. The first-order valence-electron chi connectivity index (χ1n) is 5.61. The van der Waals surface area contributed by atoms with Crippen molar-refractivity contribution in [2.45, 2.75) is 13.3 Å². The van der Waals surface area contributed by atoms with Crippen LogP contribution < -0.4 is 9.64 Å². The molecule has 0 unspecified atom stereocenters. The van der Waals surface area contributed by atoms with Crippen molar-refractivity contribution in [3.8, 4) is 5.75 Å². The summed E-state index contributed by atoms with van der Waals surface area (Å²) in [6, 6.07) is 7.46. The molecule has 0 aliphatic rings. The topological polar surface area (TPSA) is 38.8 Å². The molecule has 4 heteroatoms. The molecule has 1 amide bonds. The van der Waals surface area contributed by atoms with Gasteiger partial charge in [0.15, 0.2) is 0 Å². The Morgan fingerprint density at radius 3 is 2.41 bits per heavy atom. The number of ether oxygens (including phenoxy) is 2. The van der Waals surface area contributed by atoms with Crippen molar-refractivity contribution in [2.75, 3.05) is 32.3 Å². The number of nitrogens with zero attached hydrogens (tertiary/aromatic N) is 1. The Kier molecular flexibility index (Phi) is 5.49. The number of carbonyl (C=O) groups is 1. The van der Waals surface area contributed by atoms with Crippen LogP contribution in [-0.4, -0.2) is 33.3 Å². The summed E-state index contributed by atoms with van der Waals surface area (Å²) in [5.41, 5.74) is 0.863. The van der Waals surface area contributed by atoms with E-state index in [0.717, 1.165) is 17.9 Å². The van der Waals surface area contributed by atoms with E-state index in [9.17, 15) is 4.79 Å². The molecule has 0 spiro atoms. The molecule has 1 rings (SSSR count). The van der Waals surface area contributed by atoms with Gasteiger partial charge in [-0.05, 0) is 24.3 Å². The highest BCUT2D eigenvalue weighted by Crippen LogP contribution is 2.18. The maximum Gasteiger partial charge on any atom is 0.223 e. The van der Waals surface area contributed by atoms with E-state index >= 15 is 0 Å². The zero-order chi connectivity index (χ0) is 12.7. The van der Waals surface area contributed by atoms with Gasteiger partial charge in [-0.3, -0.25) is 4.79 Å². The summed E-state index contributed by atoms with van der Waals surface area (Å²) < 4.78 is 10.5. The molecular formula is C13H19NO3. The van der Waals surface area contributed by atoms with Crippen molar-refractivity contribution in [3.05, 3.63) is 24.3 Å². The van der Waals surface area contributed by atoms with Crippen LogP contribution in [0.2, 0.25) is 0 Å². The lowest BCUT2D eigenvalue weighted by atomic mass is 10.3. The molecule has 0 atom stereocenters. The largest absolute Gasteiger partial charge is 0.494 e. The van der Waals surface area contributed by atoms with Crippen molar-refractivity contribution >= 4 is 11.6 Å². The zero-order valence-corrected chi connectivity index (χ0v) is 10.6. The van der Waals surface area contributed by atoms with E-state index < -0.39 is 0 Å². The van der Waals surface area contributed by atoms with Crippen LogP contribution in [0.1, 0.15) is 13.3 Å². The summed E-state index contributed by atoms with van der Waals surface area (Å²) in [5, 5.41) is 0. The van der Waals surface area contributed by atoms with E-state index in [1.165, 1.54) is 6.92 Å². The minimum Gasteiger partial charge on any atom is -0.494 e. The predicted molar refractivity (Wildman–Crippen MR) is 67.5 cm³/mol. The van der Waals surface area contributed by atoms with E-state index in [1.807, 2.05) is 24.3 Å². The number of methoxy groups -OCH3 is 1. The summed E-state index contributed by atoms with van der Waals surface area (Å²) in [6.45, 7) is 2.87. The van der Waals surface area contributed by atoms with Gasteiger partial charge in [0.1, 0.15) is 5.75 Å². The summed E-state index contributed by atoms with van der Waals surface area (Å²) in [6.07, 6.45) is 0.867. The molecule has 0 bridgehead atoms. The highest BCUT2D eigenvalue weighted by Gasteiger charge is 2.04. The molecule has 0 aliphatic heterocycles. The van der Waals surface area contributed by atoms with Gasteiger partial charge in [-0.2, -0.15) is 0 Å². The van der Waals surface area contributed by atoms with Crippen LogP contribution in [-0.2, 0) is 9.53 Å². The van der Waals surface area contributed by atoms with Crippen LogP contribution in [0.4, 0.5) is 5.69 Å². The fourth-order valence-corrected chi connectivity index (χ4v) is 1.34. The van der Waals surface area contributed by atoms with Gasteiger partial charge >= 0.3 is 0 Å². The Morgan fingerprint density at radius 2 is 1.88 bits per heavy atom. The van der Waals surface area contributed by atoms with Gasteiger partial charge in [-0.25, -0.2) is 0 Å². The Labute approximate surface area is 102 Å². The number of anilines is 1. The van der Waals surface area contributed by atoms with E-state index in [0.29, 0.717) is 13.2 Å². The predicted octanol–water partition coefficient (Wildman–Crippen LogP) is 2.08. The quantitative estimate of drug-likeness (QED) is 0.711. The average Bonchev–Trinajstić information content (AvgIpc) is 2.34. The average molecular weight is 237 g/mol. The van der Waals surface area contributed by atoms with Crippen LogP contribution in [0.3, 0.4) is 0 Å². The van der Waals surface area contributed by atoms with Gasteiger partial charge in [0, 0.05) is 39.8 Å². The number of hydrogen-bond acceptors (Lipinski definition) is 3. The van der Waals surface area contributed by atoms with Gasteiger partial charge < -0.3 is 14.4 Å². The lowest BCUT2D eigenvalue weighted by Crippen LogP contribution is -2.22. The Morgan fingerprint density at radius 1 is 1.24 bits per heavy atom. The molecule has 4 nitrogen and oxygen atoms in total. The van der Waals surface area contributed by atoms with Gasteiger partial charge in [0.25, 0.3) is 0 Å². The standard InChI is InChI=1S/C13H19NO3/c1-11(15)14(2)12-5-7-13(8-6-12)17-10-4-9-16-3/h5-8H,4,9-10H2,1-3H3. The molecule has 0 heterocycles. The molecule has 0 saturated carbocycles. The van der Waals surface area contributed by atoms with Crippen molar-refractivity contribution in [3.63, 3.8) is 0 Å². The van der Waals surface area contributed by atoms with Gasteiger partial charge in [0.2, 0.25) is 5.91 Å². The van der Waals surface area contributed by atoms with E-state index in [4.69, 9.17) is 9.47 Å². The molecule has 1 aromatic carbocycles. The van der Waals surface area contributed by atoms with Gasteiger partial charge in [0.05, 0.1) is 6.61 Å². The second-order valence-electron chi connectivity index (χ2n) is 3.77. The minimum absolute atomic E-state index is 0.0127. The monoisotopic (exact) mass is 237 g/mol. The first kappa shape index (κ1) is 13.5. The summed E-state index contributed by atoms with van der Waals surface area (Å²) >= 11 is 0. The van der Waals surface area contributed by atoms with E-state index in [-0.39, 0.29) is 5.91 Å². The highest BCUT2D eigenvalue weighted by molar-refractivity contribution is 5.90. The lowest BCUT2D eigenvalue weighted by molar-refractivity contribution is -0.116. The molecule has 0 aliphatic carbocycles. The van der Waals surface area contributed by atoms with Crippen molar-refractivity contribution in [1.29, 1.82) is 0 Å². The van der Waals surface area contributed by atoms with Crippen molar-refractivity contribution in [1.82, 2.24) is 0 Å². The van der Waals surface area contributed by atoms with Crippen LogP contribution in [0.5, 0.6) is 5.75 Å². The smallest absolute Gasteiger partial charge is 0.223 e. The molecule has 1 aromatic rings. The normalized spacial score (nSPS) is 10.1. The first-order chi connectivity index (χ1) is 8.15. The molecule has 94 valence electrons. The van der Waals surface area contributed by atoms with Crippen LogP contribution in [0, 0.1) is 0 Å². The summed E-state index contributed by atoms with van der Waals surface area (Å²) in [5.74, 6) is 0.820. The first-order valence-corrected chi connectivity index (χ1v) is 5.61. The van der Waals surface area contributed by atoms with E-state index in [2.05, 4.69) is 0 Å². The molecule has 0 saturated heterocycles. The molecular weight excluding hydrogens is 218 g/mol. The summed E-state index contributed by atoms with van der Waals surface area (Å²) in [7, 11) is 3.42. The van der Waals surface area contributed by atoms with Crippen LogP contribution >= 0.6 is 0 Å². The number of carbonyl (C=O) groups excluding carboxylic acids is 1. The Balaban J connectivity index is 2.47. The Hall–Kier alpha value is -1.55. The number of rotatable bonds is 6. The number of amides is 1. The third-order valence-electron chi connectivity index (χ3n) is 2.46. The van der Waals surface area contributed by atoms with Gasteiger partial charge in [-0.1, -0.05) is 0 Å². The molecule has 0 radical (unpaired) electrons. The summed E-state index contributed by atoms with van der Waals surface area (Å²) in [4.78, 5) is 12.7. The molecule has 0 fully saturated rings. The second-order valence-corrected chi connectivity index (χ2v) is 3.77. The molecule has 0 N–H and O–H groups in total. The molecule has 0 aromatic heterocycles. The fraction of sp³-hybridized carbons (Fsp3) is 0.462. The zero-order valence-electron chi connectivity index (χ0n) is 10.6. The third-order valence-corrected chi connectivity index (χ3v) is 2.46. The molecule has 17 heavy (non-hydrogen) atoms. The number of hydrogen-bond donors (Lipinski definition) is 0. The maximum absolute atomic E-state index is 11.2. The van der Waals surface area contributed by atoms with Crippen molar-refractivity contribution < 1.29 is 14.3 Å². The number of benzene rings is 1. The highest BCUT2D eigenvalue weighted by atomic mass is 16.5. The van der Waals surface area contributed by atoms with Gasteiger partial charge in [-0.15, -0.1) is 0 Å². The maximum atomic E-state index is 11.2. The SMILES string of the molecule is COCCCOc1ccc(N(C)C(C)=O)cc1. The minimum atomic E-state index is 0.0127. The van der Waals surface area contributed by atoms with Crippen LogP contribution in [0.25, 0.3) is 0 Å². The fourth-order valence-electron chi connectivity index (χ4n) is 1.34.